The zero-order valence-electron chi connectivity index (χ0n) is 12.2. The van der Waals surface area contributed by atoms with Crippen molar-refractivity contribution in [3.8, 4) is 10.6 Å². The summed E-state index contributed by atoms with van der Waals surface area (Å²) in [6.07, 6.45) is -2.80. The van der Waals surface area contributed by atoms with Crippen LogP contribution in [0.3, 0.4) is 0 Å². The van der Waals surface area contributed by atoms with Crippen molar-refractivity contribution in [2.45, 2.75) is 13.1 Å². The van der Waals surface area contributed by atoms with E-state index in [-0.39, 0.29) is 5.91 Å². The number of aromatic nitrogens is 2. The highest BCUT2D eigenvalue weighted by Gasteiger charge is 2.30. The molecule has 1 aromatic carbocycles. The second-order valence-electron chi connectivity index (χ2n) is 4.80. The van der Waals surface area contributed by atoms with Crippen LogP contribution in [0.15, 0.2) is 35.8 Å². The maximum atomic E-state index is 12.6. The minimum Gasteiger partial charge on any atom is -0.297 e. The van der Waals surface area contributed by atoms with E-state index in [4.69, 9.17) is 0 Å². The molecule has 4 nitrogen and oxygen atoms in total. The van der Waals surface area contributed by atoms with Crippen LogP contribution >= 0.6 is 22.7 Å². The van der Waals surface area contributed by atoms with Crippen LogP contribution in [0.4, 0.5) is 18.3 Å². The third-order valence-electron chi connectivity index (χ3n) is 3.11. The summed E-state index contributed by atoms with van der Waals surface area (Å²) in [6, 6.07) is 4.70. The first-order chi connectivity index (χ1) is 11.3. The first kappa shape index (κ1) is 16.6. The fourth-order valence-electron chi connectivity index (χ4n) is 1.97. The molecular weight excluding hydrogens is 359 g/mol. The summed E-state index contributed by atoms with van der Waals surface area (Å²) < 4.78 is 37.8. The predicted octanol–water partition coefficient (Wildman–Crippen LogP) is 4.85. The number of carbonyl (C=O) groups is 1. The van der Waals surface area contributed by atoms with Crippen LogP contribution in [0.2, 0.25) is 0 Å². The Morgan fingerprint density at radius 1 is 1.21 bits per heavy atom. The average molecular weight is 369 g/mol. The number of thiazole rings is 2. The summed E-state index contributed by atoms with van der Waals surface area (Å²) in [4.78, 5) is 20.9. The van der Waals surface area contributed by atoms with Gasteiger partial charge in [0.2, 0.25) is 0 Å². The van der Waals surface area contributed by atoms with Gasteiger partial charge in [-0.05, 0) is 19.1 Å². The zero-order chi connectivity index (χ0) is 17.3. The van der Waals surface area contributed by atoms with E-state index in [0.717, 1.165) is 23.5 Å². The van der Waals surface area contributed by atoms with Gasteiger partial charge < -0.3 is 0 Å². The third-order valence-corrected chi connectivity index (χ3v) is 5.01. The molecule has 2 heterocycles. The topological polar surface area (TPSA) is 54.9 Å². The summed E-state index contributed by atoms with van der Waals surface area (Å²) >= 11 is 2.42. The largest absolute Gasteiger partial charge is 0.416 e. The number of carbonyl (C=O) groups excluding carboxylic acids is 1. The molecule has 0 bridgehead atoms. The van der Waals surface area contributed by atoms with Crippen molar-refractivity contribution in [3.05, 3.63) is 52.0 Å². The fourth-order valence-corrected chi connectivity index (χ4v) is 3.46. The van der Waals surface area contributed by atoms with E-state index in [1.807, 2.05) is 0 Å². The molecule has 0 radical (unpaired) electrons. The summed E-state index contributed by atoms with van der Waals surface area (Å²) in [5.74, 6) is -0.335. The molecule has 0 fully saturated rings. The van der Waals surface area contributed by atoms with Crippen molar-refractivity contribution in [2.75, 3.05) is 5.32 Å². The van der Waals surface area contributed by atoms with Crippen molar-refractivity contribution in [1.29, 1.82) is 0 Å². The molecule has 1 amide bonds. The number of aryl methyl sites for hydroxylation is 1. The lowest BCUT2D eigenvalue weighted by molar-refractivity contribution is -0.137. The Morgan fingerprint density at radius 3 is 2.50 bits per heavy atom. The van der Waals surface area contributed by atoms with Gasteiger partial charge in [0.1, 0.15) is 9.88 Å². The normalized spacial score (nSPS) is 11.5. The highest BCUT2D eigenvalue weighted by Crippen LogP contribution is 2.33. The maximum absolute atomic E-state index is 12.6. The number of benzene rings is 1. The van der Waals surface area contributed by atoms with Crippen molar-refractivity contribution in [3.63, 3.8) is 0 Å². The molecule has 9 heteroatoms. The molecular formula is C15H10F3N3OS2. The van der Waals surface area contributed by atoms with E-state index >= 15 is 0 Å². The summed E-state index contributed by atoms with van der Waals surface area (Å²) in [7, 11) is 0. The average Bonchev–Trinajstić information content (AvgIpc) is 3.16. The quantitative estimate of drug-likeness (QED) is 0.718. The van der Waals surface area contributed by atoms with Gasteiger partial charge in [-0.3, -0.25) is 10.1 Å². The lowest BCUT2D eigenvalue weighted by atomic mass is 10.1. The van der Waals surface area contributed by atoms with Crippen molar-refractivity contribution >= 4 is 33.7 Å². The Morgan fingerprint density at radius 2 is 1.92 bits per heavy atom. The van der Waals surface area contributed by atoms with Gasteiger partial charge in [-0.1, -0.05) is 12.1 Å². The van der Waals surface area contributed by atoms with E-state index in [2.05, 4.69) is 15.3 Å². The first-order valence-electron chi connectivity index (χ1n) is 6.70. The minimum atomic E-state index is -4.38. The second kappa shape index (κ2) is 6.33. The van der Waals surface area contributed by atoms with E-state index in [1.54, 1.807) is 18.5 Å². The highest BCUT2D eigenvalue weighted by molar-refractivity contribution is 7.17. The first-order valence-corrected chi connectivity index (χ1v) is 8.40. The second-order valence-corrected chi connectivity index (χ2v) is 6.69. The number of alkyl halides is 3. The van der Waals surface area contributed by atoms with Crippen LogP contribution in [0.1, 0.15) is 20.9 Å². The van der Waals surface area contributed by atoms with E-state index in [1.165, 1.54) is 23.5 Å². The molecule has 0 unspecified atom stereocenters. The lowest BCUT2D eigenvalue weighted by Crippen LogP contribution is -2.11. The molecule has 0 saturated heterocycles. The van der Waals surface area contributed by atoms with Gasteiger partial charge in [0.25, 0.3) is 5.91 Å². The summed E-state index contributed by atoms with van der Waals surface area (Å²) in [5, 5.41) is 5.37. The van der Waals surface area contributed by atoms with E-state index < -0.39 is 11.7 Å². The fraction of sp³-hybridized carbons (Fsp3) is 0.133. The number of hydrogen-bond acceptors (Lipinski definition) is 5. The van der Waals surface area contributed by atoms with Crippen LogP contribution < -0.4 is 5.32 Å². The van der Waals surface area contributed by atoms with E-state index in [9.17, 15) is 18.0 Å². The van der Waals surface area contributed by atoms with Gasteiger partial charge in [0.15, 0.2) is 5.13 Å². The number of anilines is 1. The predicted molar refractivity (Wildman–Crippen MR) is 87.4 cm³/mol. The molecule has 24 heavy (non-hydrogen) atoms. The molecule has 3 aromatic rings. The third kappa shape index (κ3) is 3.46. The number of hydrogen-bond donors (Lipinski definition) is 1. The maximum Gasteiger partial charge on any atom is 0.416 e. The standard InChI is InChI=1S/C15H10F3N3OS2/c1-8-11(12(22)21-14-19-6-7-23-14)24-13(20-8)9-2-4-10(5-3-9)15(16,17)18/h2-7H,1H3,(H,19,21,22). The molecule has 0 saturated carbocycles. The summed E-state index contributed by atoms with van der Waals surface area (Å²) in [5.41, 5.74) is 0.328. The minimum absolute atomic E-state index is 0.335. The van der Waals surface area contributed by atoms with Gasteiger partial charge >= 0.3 is 6.18 Å². The Balaban J connectivity index is 1.84. The van der Waals surface area contributed by atoms with Crippen LogP contribution in [0.25, 0.3) is 10.6 Å². The van der Waals surface area contributed by atoms with Gasteiger partial charge in [-0.15, -0.1) is 22.7 Å². The molecule has 0 aliphatic heterocycles. The molecule has 0 aliphatic rings. The van der Waals surface area contributed by atoms with Crippen LogP contribution in [-0.4, -0.2) is 15.9 Å². The van der Waals surface area contributed by atoms with E-state index in [0.29, 0.717) is 26.3 Å². The smallest absolute Gasteiger partial charge is 0.297 e. The van der Waals surface area contributed by atoms with Gasteiger partial charge in [0, 0.05) is 17.1 Å². The molecule has 0 aliphatic carbocycles. The van der Waals surface area contributed by atoms with Crippen LogP contribution in [0.5, 0.6) is 0 Å². The van der Waals surface area contributed by atoms with Crippen LogP contribution in [0, 0.1) is 6.92 Å². The zero-order valence-corrected chi connectivity index (χ0v) is 13.9. The van der Waals surface area contributed by atoms with Crippen molar-refractivity contribution < 1.29 is 18.0 Å². The molecule has 124 valence electrons. The van der Waals surface area contributed by atoms with Gasteiger partial charge in [0.05, 0.1) is 11.3 Å². The monoisotopic (exact) mass is 369 g/mol. The molecule has 2 aromatic heterocycles. The number of rotatable bonds is 3. The number of amides is 1. The Kier molecular flexibility index (Phi) is 4.37. The Labute approximate surface area is 143 Å². The molecule has 0 spiro atoms. The number of nitrogens with zero attached hydrogens (tertiary/aromatic N) is 2. The number of halogens is 3. The van der Waals surface area contributed by atoms with Crippen LogP contribution in [-0.2, 0) is 6.18 Å². The molecule has 3 rings (SSSR count). The molecule has 1 N–H and O–H groups in total. The Hall–Kier alpha value is -2.26. The van der Waals surface area contributed by atoms with Crippen molar-refractivity contribution in [2.24, 2.45) is 0 Å². The van der Waals surface area contributed by atoms with Gasteiger partial charge in [-0.2, -0.15) is 13.2 Å². The summed E-state index contributed by atoms with van der Waals surface area (Å²) in [6.45, 7) is 1.68. The molecule has 0 atom stereocenters. The SMILES string of the molecule is Cc1nc(-c2ccc(C(F)(F)F)cc2)sc1C(=O)Nc1nccs1. The van der Waals surface area contributed by atoms with Crippen molar-refractivity contribution in [1.82, 2.24) is 9.97 Å². The lowest BCUT2D eigenvalue weighted by Gasteiger charge is -2.06. The highest BCUT2D eigenvalue weighted by atomic mass is 32.1. The Bertz CT molecular complexity index is 855. The number of nitrogens with one attached hydrogen (secondary N) is 1. The van der Waals surface area contributed by atoms with Gasteiger partial charge in [-0.25, -0.2) is 9.97 Å².